The largest absolute Gasteiger partial charge is 0.372 e. The van der Waals surface area contributed by atoms with Gasteiger partial charge in [-0.1, -0.05) is 18.2 Å². The van der Waals surface area contributed by atoms with E-state index in [-0.39, 0.29) is 6.10 Å². The van der Waals surface area contributed by atoms with E-state index in [4.69, 9.17) is 4.74 Å². The van der Waals surface area contributed by atoms with Crippen LogP contribution in [0.3, 0.4) is 0 Å². The first-order valence-electron chi connectivity index (χ1n) is 8.26. The third kappa shape index (κ3) is 3.29. The van der Waals surface area contributed by atoms with Crippen LogP contribution in [0.25, 0.3) is 5.69 Å². The maximum atomic E-state index is 5.99. The van der Waals surface area contributed by atoms with Gasteiger partial charge in [0.2, 0.25) is 0 Å². The predicted molar refractivity (Wildman–Crippen MR) is 96.6 cm³/mol. The number of hydrogen-bond acceptors (Lipinski definition) is 4. The molecule has 0 radical (unpaired) electrons. The Balaban J connectivity index is 1.41. The van der Waals surface area contributed by atoms with Gasteiger partial charge in [-0.15, -0.1) is 11.3 Å². The Hall–Kier alpha value is -1.95. The zero-order valence-electron chi connectivity index (χ0n) is 13.8. The molecule has 0 spiro atoms. The summed E-state index contributed by atoms with van der Waals surface area (Å²) in [7, 11) is 2.13. The normalized spacial score (nSPS) is 17.2. The van der Waals surface area contributed by atoms with Crippen LogP contribution in [-0.2, 0) is 17.7 Å². The van der Waals surface area contributed by atoms with Gasteiger partial charge in [-0.05, 0) is 42.3 Å². The summed E-state index contributed by atoms with van der Waals surface area (Å²) in [6, 6.07) is 14.5. The summed E-state index contributed by atoms with van der Waals surface area (Å²) < 4.78 is 7.91. The van der Waals surface area contributed by atoms with E-state index >= 15 is 0 Å². The van der Waals surface area contributed by atoms with Crippen molar-refractivity contribution in [3.05, 3.63) is 70.2 Å². The van der Waals surface area contributed by atoms with Crippen molar-refractivity contribution in [3.8, 4) is 5.69 Å². The van der Waals surface area contributed by atoms with Crippen LogP contribution in [0.2, 0.25) is 0 Å². The SMILES string of the molecule is CN(Cc1ccn(-c2ccccc2)n1)CC1OCCc2sccc21. The first-order chi connectivity index (χ1) is 11.8. The van der Waals surface area contributed by atoms with Gasteiger partial charge in [0.15, 0.2) is 0 Å². The van der Waals surface area contributed by atoms with Crippen LogP contribution in [0.15, 0.2) is 54.0 Å². The molecule has 0 aliphatic carbocycles. The molecule has 0 N–H and O–H groups in total. The minimum absolute atomic E-state index is 0.182. The molecule has 1 atom stereocenters. The van der Waals surface area contributed by atoms with Crippen LogP contribution in [0, 0.1) is 0 Å². The number of nitrogens with zero attached hydrogens (tertiary/aromatic N) is 3. The van der Waals surface area contributed by atoms with Crippen molar-refractivity contribution in [1.29, 1.82) is 0 Å². The smallest absolute Gasteiger partial charge is 0.0962 e. The van der Waals surface area contributed by atoms with Gasteiger partial charge in [0.1, 0.15) is 0 Å². The first kappa shape index (κ1) is 15.6. The highest BCUT2D eigenvalue weighted by molar-refractivity contribution is 7.10. The highest BCUT2D eigenvalue weighted by Crippen LogP contribution is 2.31. The Labute approximate surface area is 146 Å². The zero-order chi connectivity index (χ0) is 16.4. The van der Waals surface area contributed by atoms with Gasteiger partial charge in [0.25, 0.3) is 0 Å². The fourth-order valence-corrected chi connectivity index (χ4v) is 4.09. The molecule has 1 aliphatic heterocycles. The molecule has 1 aliphatic rings. The maximum Gasteiger partial charge on any atom is 0.0962 e. The molecule has 5 heteroatoms. The van der Waals surface area contributed by atoms with E-state index in [2.05, 4.69) is 46.7 Å². The van der Waals surface area contributed by atoms with Crippen LogP contribution in [-0.4, -0.2) is 34.9 Å². The van der Waals surface area contributed by atoms with Crippen molar-refractivity contribution in [3.63, 3.8) is 0 Å². The lowest BCUT2D eigenvalue weighted by Crippen LogP contribution is -2.28. The molecule has 1 unspecified atom stereocenters. The van der Waals surface area contributed by atoms with Gasteiger partial charge in [-0.25, -0.2) is 4.68 Å². The summed E-state index contributed by atoms with van der Waals surface area (Å²) in [5.41, 5.74) is 3.53. The number of rotatable bonds is 5. The predicted octanol–water partition coefficient (Wildman–Crippen LogP) is 3.68. The number of benzene rings is 1. The van der Waals surface area contributed by atoms with Crippen molar-refractivity contribution in [2.75, 3.05) is 20.2 Å². The Morgan fingerprint density at radius 1 is 1.25 bits per heavy atom. The molecule has 3 heterocycles. The molecule has 0 saturated heterocycles. The summed E-state index contributed by atoms with van der Waals surface area (Å²) >= 11 is 1.85. The average Bonchev–Trinajstić information content (AvgIpc) is 3.25. The zero-order valence-corrected chi connectivity index (χ0v) is 14.6. The molecule has 0 saturated carbocycles. The minimum Gasteiger partial charge on any atom is -0.372 e. The molecule has 4 rings (SSSR count). The van der Waals surface area contributed by atoms with E-state index in [0.29, 0.717) is 0 Å². The van der Waals surface area contributed by atoms with Crippen molar-refractivity contribution in [1.82, 2.24) is 14.7 Å². The second-order valence-electron chi connectivity index (χ2n) is 6.19. The Kier molecular flexibility index (Phi) is 4.47. The van der Waals surface area contributed by atoms with E-state index in [0.717, 1.165) is 37.5 Å². The fourth-order valence-electron chi connectivity index (χ4n) is 3.17. The number of fused-ring (bicyclic) bond motifs is 1. The number of likely N-dealkylation sites (N-methyl/N-ethyl adjacent to an activating group) is 1. The molecule has 2 aromatic heterocycles. The van der Waals surface area contributed by atoms with Crippen LogP contribution in [0.1, 0.15) is 22.2 Å². The topological polar surface area (TPSA) is 30.3 Å². The summed E-state index contributed by atoms with van der Waals surface area (Å²) in [5, 5.41) is 6.86. The van der Waals surface area contributed by atoms with Gasteiger partial charge in [-0.3, -0.25) is 4.90 Å². The molecular formula is C19H21N3OS. The van der Waals surface area contributed by atoms with Crippen molar-refractivity contribution < 1.29 is 4.74 Å². The Morgan fingerprint density at radius 2 is 2.12 bits per heavy atom. The maximum absolute atomic E-state index is 5.99. The molecule has 1 aromatic carbocycles. The second kappa shape index (κ2) is 6.89. The van der Waals surface area contributed by atoms with Crippen molar-refractivity contribution in [2.45, 2.75) is 19.1 Å². The molecule has 0 fully saturated rings. The van der Waals surface area contributed by atoms with Gasteiger partial charge in [0, 0.05) is 30.6 Å². The molecule has 0 amide bonds. The van der Waals surface area contributed by atoms with E-state index in [1.54, 1.807) is 0 Å². The van der Waals surface area contributed by atoms with Gasteiger partial charge < -0.3 is 4.74 Å². The Morgan fingerprint density at radius 3 is 3.00 bits per heavy atom. The van der Waals surface area contributed by atoms with E-state index in [1.165, 1.54) is 10.4 Å². The molecular weight excluding hydrogens is 318 g/mol. The standard InChI is InChI=1S/C19H21N3OS/c1-21(14-18-17-9-12-24-19(17)8-11-23-18)13-15-7-10-22(20-15)16-5-3-2-4-6-16/h2-7,9-10,12,18H,8,11,13-14H2,1H3. The van der Waals surface area contributed by atoms with Crippen LogP contribution in [0.4, 0.5) is 0 Å². The molecule has 4 nitrogen and oxygen atoms in total. The van der Waals surface area contributed by atoms with Crippen molar-refractivity contribution in [2.24, 2.45) is 0 Å². The number of hydrogen-bond donors (Lipinski definition) is 0. The number of thiophene rings is 1. The highest BCUT2D eigenvalue weighted by Gasteiger charge is 2.23. The monoisotopic (exact) mass is 339 g/mol. The van der Waals surface area contributed by atoms with Crippen LogP contribution in [0.5, 0.6) is 0 Å². The third-order valence-corrected chi connectivity index (χ3v) is 5.35. The minimum atomic E-state index is 0.182. The lowest BCUT2D eigenvalue weighted by molar-refractivity contribution is 0.0206. The molecule has 24 heavy (non-hydrogen) atoms. The third-order valence-electron chi connectivity index (χ3n) is 4.35. The number of para-hydroxylation sites is 1. The first-order valence-corrected chi connectivity index (χ1v) is 9.14. The summed E-state index contributed by atoms with van der Waals surface area (Å²) in [5.74, 6) is 0. The summed E-state index contributed by atoms with van der Waals surface area (Å²) in [4.78, 5) is 3.77. The fraction of sp³-hybridized carbons (Fsp3) is 0.316. The lowest BCUT2D eigenvalue weighted by Gasteiger charge is -2.27. The molecule has 0 bridgehead atoms. The van der Waals surface area contributed by atoms with E-state index < -0.39 is 0 Å². The van der Waals surface area contributed by atoms with E-state index in [1.807, 2.05) is 40.4 Å². The highest BCUT2D eigenvalue weighted by atomic mass is 32.1. The number of aromatic nitrogens is 2. The molecule has 124 valence electrons. The van der Waals surface area contributed by atoms with Gasteiger partial charge in [-0.2, -0.15) is 5.10 Å². The van der Waals surface area contributed by atoms with Crippen LogP contribution < -0.4 is 0 Å². The quantitative estimate of drug-likeness (QED) is 0.710. The average molecular weight is 339 g/mol. The Bertz CT molecular complexity index is 796. The van der Waals surface area contributed by atoms with Crippen LogP contribution >= 0.6 is 11.3 Å². The van der Waals surface area contributed by atoms with Gasteiger partial charge >= 0.3 is 0 Å². The summed E-state index contributed by atoms with van der Waals surface area (Å²) in [6.07, 6.45) is 3.25. The molecule has 3 aromatic rings. The summed E-state index contributed by atoms with van der Waals surface area (Å²) in [6.45, 7) is 2.54. The second-order valence-corrected chi connectivity index (χ2v) is 7.19. The number of ether oxygens (including phenoxy) is 1. The van der Waals surface area contributed by atoms with Gasteiger partial charge in [0.05, 0.1) is 24.1 Å². The van der Waals surface area contributed by atoms with E-state index in [9.17, 15) is 0 Å². The lowest BCUT2D eigenvalue weighted by atomic mass is 10.1. The van der Waals surface area contributed by atoms with Crippen molar-refractivity contribution >= 4 is 11.3 Å².